The third-order valence-corrected chi connectivity index (χ3v) is 7.34. The minimum Gasteiger partial charge on any atom is -0.453 e. The van der Waals surface area contributed by atoms with E-state index in [9.17, 15) is 0 Å². The lowest BCUT2D eigenvalue weighted by molar-refractivity contribution is 0.441. The molecule has 1 saturated carbocycles. The second-order valence-corrected chi connectivity index (χ2v) is 9.06. The third-order valence-electron chi connectivity index (χ3n) is 6.13. The summed E-state index contributed by atoms with van der Waals surface area (Å²) in [6.07, 6.45) is 6.62. The van der Waals surface area contributed by atoms with Gasteiger partial charge in [-0.25, -0.2) is 4.98 Å². The molecular weight excluding hydrogens is 350 g/mol. The molecule has 0 aliphatic heterocycles. The molecule has 2 nitrogen and oxygen atoms in total. The van der Waals surface area contributed by atoms with Crippen LogP contribution in [0.1, 0.15) is 60.3 Å². The van der Waals surface area contributed by atoms with E-state index in [2.05, 4.69) is 51.1 Å². The van der Waals surface area contributed by atoms with Crippen molar-refractivity contribution >= 4 is 32.5 Å². The molecule has 138 valence electrons. The van der Waals surface area contributed by atoms with E-state index >= 15 is 0 Å². The van der Waals surface area contributed by atoms with Gasteiger partial charge in [0.05, 0.1) is 10.2 Å². The fourth-order valence-electron chi connectivity index (χ4n) is 4.48. The maximum atomic E-state index is 6.48. The Balaban J connectivity index is 1.67. The summed E-state index contributed by atoms with van der Waals surface area (Å²) in [5, 5.41) is 2.24. The van der Waals surface area contributed by atoms with Gasteiger partial charge in [0.1, 0.15) is 5.58 Å². The average molecular weight is 376 g/mol. The van der Waals surface area contributed by atoms with E-state index < -0.39 is 0 Å². The molecular formula is C24H25NOS. The van der Waals surface area contributed by atoms with Gasteiger partial charge in [0, 0.05) is 5.39 Å². The summed E-state index contributed by atoms with van der Waals surface area (Å²) in [7, 11) is 0. The van der Waals surface area contributed by atoms with Crippen LogP contribution in [0.2, 0.25) is 0 Å². The Morgan fingerprint density at radius 1 is 0.926 bits per heavy atom. The van der Waals surface area contributed by atoms with Crippen LogP contribution in [0.4, 0.5) is 0 Å². The van der Waals surface area contributed by atoms with Crippen LogP contribution in [-0.4, -0.2) is 4.98 Å². The summed E-state index contributed by atoms with van der Waals surface area (Å²) in [4.78, 5) is 4.94. The minimum absolute atomic E-state index is 0.640. The largest absolute Gasteiger partial charge is 0.453 e. The lowest BCUT2D eigenvalue weighted by Gasteiger charge is -2.22. The van der Waals surface area contributed by atoms with Crippen LogP contribution < -0.4 is 0 Å². The highest BCUT2D eigenvalue weighted by Crippen LogP contribution is 2.41. The molecule has 0 bridgehead atoms. The summed E-state index contributed by atoms with van der Waals surface area (Å²) in [6.45, 7) is 6.47. The number of hydrogen-bond donors (Lipinski definition) is 0. The summed E-state index contributed by atoms with van der Waals surface area (Å²) >= 11 is 1.75. The standard InChI is InChI=1S/C24H25NOS/c1-14-11-12-18(17-7-5-4-6-8-17)22-19(14)13-20(26-22)24-25-21-15(2)9-10-16(3)23(21)27-24/h9-13,17H,4-8H2,1-3H3. The molecule has 1 aliphatic rings. The van der Waals surface area contributed by atoms with Crippen LogP contribution in [0, 0.1) is 20.8 Å². The fraction of sp³-hybridized carbons (Fsp3) is 0.375. The van der Waals surface area contributed by atoms with Gasteiger partial charge in [-0.1, -0.05) is 43.5 Å². The molecule has 2 heterocycles. The van der Waals surface area contributed by atoms with Crippen molar-refractivity contribution in [2.75, 3.05) is 0 Å². The third kappa shape index (κ3) is 2.80. The first-order valence-corrected chi connectivity index (χ1v) is 10.8. The van der Waals surface area contributed by atoms with Crippen molar-refractivity contribution in [1.29, 1.82) is 0 Å². The zero-order valence-electron chi connectivity index (χ0n) is 16.3. The van der Waals surface area contributed by atoms with Crippen molar-refractivity contribution in [2.24, 2.45) is 0 Å². The van der Waals surface area contributed by atoms with E-state index in [1.165, 1.54) is 64.4 Å². The van der Waals surface area contributed by atoms with Gasteiger partial charge < -0.3 is 4.42 Å². The van der Waals surface area contributed by atoms with Crippen molar-refractivity contribution in [3.8, 4) is 10.8 Å². The van der Waals surface area contributed by atoms with E-state index in [1.807, 2.05) is 0 Å². The highest BCUT2D eigenvalue weighted by Gasteiger charge is 2.22. The smallest absolute Gasteiger partial charge is 0.164 e. The number of rotatable bonds is 2. The molecule has 2 aromatic carbocycles. The molecule has 0 amide bonds. The molecule has 1 fully saturated rings. The summed E-state index contributed by atoms with van der Waals surface area (Å²) < 4.78 is 7.75. The van der Waals surface area contributed by atoms with Gasteiger partial charge in [-0.3, -0.25) is 0 Å². The molecule has 3 heteroatoms. The van der Waals surface area contributed by atoms with Crippen LogP contribution >= 0.6 is 11.3 Å². The maximum Gasteiger partial charge on any atom is 0.164 e. The van der Waals surface area contributed by atoms with E-state index in [4.69, 9.17) is 9.40 Å². The Labute approximate surface area is 164 Å². The van der Waals surface area contributed by atoms with Crippen molar-refractivity contribution in [2.45, 2.75) is 58.8 Å². The Bertz CT molecular complexity index is 1110. The lowest BCUT2D eigenvalue weighted by atomic mass is 9.83. The van der Waals surface area contributed by atoms with Gasteiger partial charge in [-0.05, 0) is 67.9 Å². The normalized spacial score (nSPS) is 15.8. The van der Waals surface area contributed by atoms with Crippen molar-refractivity contribution in [3.05, 3.63) is 52.6 Å². The van der Waals surface area contributed by atoms with Crippen LogP contribution in [-0.2, 0) is 0 Å². The van der Waals surface area contributed by atoms with Crippen molar-refractivity contribution < 1.29 is 4.42 Å². The summed E-state index contributed by atoms with van der Waals surface area (Å²) in [5.41, 5.74) is 7.40. The molecule has 5 rings (SSSR count). The first-order chi connectivity index (χ1) is 13.1. The number of fused-ring (bicyclic) bond motifs is 2. The van der Waals surface area contributed by atoms with Crippen LogP contribution in [0.15, 0.2) is 34.7 Å². The van der Waals surface area contributed by atoms with Gasteiger partial charge >= 0.3 is 0 Å². The second kappa shape index (κ2) is 6.49. The number of benzene rings is 2. The van der Waals surface area contributed by atoms with Gasteiger partial charge in [0.15, 0.2) is 10.8 Å². The zero-order valence-corrected chi connectivity index (χ0v) is 17.1. The van der Waals surface area contributed by atoms with Crippen molar-refractivity contribution in [3.63, 3.8) is 0 Å². The Morgan fingerprint density at radius 2 is 1.67 bits per heavy atom. The number of aryl methyl sites for hydroxylation is 3. The Hall–Kier alpha value is -2.13. The Morgan fingerprint density at radius 3 is 2.44 bits per heavy atom. The highest BCUT2D eigenvalue weighted by molar-refractivity contribution is 7.21. The van der Waals surface area contributed by atoms with Gasteiger partial charge in [-0.15, -0.1) is 11.3 Å². The first-order valence-electron chi connectivity index (χ1n) is 10.0. The number of nitrogens with zero attached hydrogens (tertiary/aromatic N) is 1. The number of thiazole rings is 1. The second-order valence-electron chi connectivity index (χ2n) is 8.06. The van der Waals surface area contributed by atoms with Crippen LogP contribution in [0.3, 0.4) is 0 Å². The zero-order chi connectivity index (χ0) is 18.5. The van der Waals surface area contributed by atoms with E-state index in [-0.39, 0.29) is 0 Å². The van der Waals surface area contributed by atoms with E-state index in [1.54, 1.807) is 11.3 Å². The van der Waals surface area contributed by atoms with Gasteiger partial charge in [0.25, 0.3) is 0 Å². The van der Waals surface area contributed by atoms with Crippen LogP contribution in [0.25, 0.3) is 32.0 Å². The maximum absolute atomic E-state index is 6.48. The number of furan rings is 1. The predicted octanol–water partition coefficient (Wildman–Crippen LogP) is 7.68. The van der Waals surface area contributed by atoms with Gasteiger partial charge in [0.2, 0.25) is 0 Å². The van der Waals surface area contributed by atoms with Crippen LogP contribution in [0.5, 0.6) is 0 Å². The summed E-state index contributed by atoms with van der Waals surface area (Å²) in [6, 6.07) is 11.1. The lowest BCUT2D eigenvalue weighted by Crippen LogP contribution is -2.04. The monoisotopic (exact) mass is 375 g/mol. The predicted molar refractivity (Wildman–Crippen MR) is 115 cm³/mol. The molecule has 0 radical (unpaired) electrons. The molecule has 0 atom stereocenters. The topological polar surface area (TPSA) is 26.0 Å². The average Bonchev–Trinajstić information content (AvgIpc) is 3.32. The fourth-order valence-corrected chi connectivity index (χ4v) is 5.55. The molecule has 0 unspecified atom stereocenters. The van der Waals surface area contributed by atoms with E-state index in [0.717, 1.165) is 21.9 Å². The molecule has 0 saturated heterocycles. The number of aromatic nitrogens is 1. The molecule has 1 aliphatic carbocycles. The van der Waals surface area contributed by atoms with E-state index in [0.29, 0.717) is 5.92 Å². The SMILES string of the molecule is Cc1ccc(C2CCCCC2)c2oc(-c3nc4c(C)ccc(C)c4s3)cc12. The molecule has 27 heavy (non-hydrogen) atoms. The quantitative estimate of drug-likeness (QED) is 0.359. The van der Waals surface area contributed by atoms with Crippen molar-refractivity contribution in [1.82, 2.24) is 4.98 Å². The molecule has 2 aromatic heterocycles. The van der Waals surface area contributed by atoms with Gasteiger partial charge in [-0.2, -0.15) is 0 Å². The highest BCUT2D eigenvalue weighted by atomic mass is 32.1. The minimum atomic E-state index is 0.640. The summed E-state index contributed by atoms with van der Waals surface area (Å²) in [5.74, 6) is 1.55. The molecule has 0 spiro atoms. The molecule has 0 N–H and O–H groups in total. The first kappa shape index (κ1) is 17.0. The molecule has 4 aromatic rings. The number of hydrogen-bond acceptors (Lipinski definition) is 3. The Kier molecular flexibility index (Phi) is 4.08.